The third kappa shape index (κ3) is 1.84. The Bertz CT molecular complexity index is 297. The largest absolute Gasteiger partial charge is 0.389 e. The molecule has 1 unspecified atom stereocenters. The molecule has 0 radical (unpaired) electrons. The Labute approximate surface area is 79.4 Å². The zero-order valence-corrected chi connectivity index (χ0v) is 8.52. The highest BCUT2D eigenvalue weighted by atomic mass is 79.9. The van der Waals surface area contributed by atoms with E-state index < -0.39 is 6.10 Å². The molecule has 0 fully saturated rings. The highest BCUT2D eigenvalue weighted by Gasteiger charge is 2.10. The van der Waals surface area contributed by atoms with E-state index in [1.807, 2.05) is 0 Å². The summed E-state index contributed by atoms with van der Waals surface area (Å²) in [6, 6.07) is 3.27. The van der Waals surface area contributed by atoms with Gasteiger partial charge in [0.2, 0.25) is 0 Å². The molecule has 12 heavy (non-hydrogen) atoms. The molecular formula is C9H10BrFO. The van der Waals surface area contributed by atoms with E-state index in [1.54, 1.807) is 26.0 Å². The number of aliphatic hydroxyl groups excluding tert-OH is 1. The highest BCUT2D eigenvalue weighted by molar-refractivity contribution is 9.10. The van der Waals surface area contributed by atoms with Crippen LogP contribution in [-0.2, 0) is 0 Å². The minimum atomic E-state index is -0.763. The lowest BCUT2D eigenvalue weighted by Crippen LogP contribution is -1.98. The second kappa shape index (κ2) is 3.54. The maximum Gasteiger partial charge on any atom is 0.131 e. The standard InChI is InChI=1S/C9H10BrFO/c1-5-3-7(10)4-8(6(2)12)9(5)11/h3-4,6,12H,1-2H3. The normalized spacial score (nSPS) is 13.1. The zero-order valence-electron chi connectivity index (χ0n) is 6.94. The second-order valence-electron chi connectivity index (χ2n) is 2.80. The van der Waals surface area contributed by atoms with Gasteiger partial charge in [0, 0.05) is 10.0 Å². The van der Waals surface area contributed by atoms with E-state index in [1.165, 1.54) is 0 Å². The Morgan fingerprint density at radius 2 is 2.08 bits per heavy atom. The third-order valence-corrected chi connectivity index (χ3v) is 2.16. The van der Waals surface area contributed by atoms with E-state index >= 15 is 0 Å². The van der Waals surface area contributed by atoms with Crippen LogP contribution in [0.1, 0.15) is 24.2 Å². The summed E-state index contributed by atoms with van der Waals surface area (Å²) in [5.41, 5.74) is 0.877. The molecule has 0 aliphatic carbocycles. The lowest BCUT2D eigenvalue weighted by molar-refractivity contribution is 0.194. The van der Waals surface area contributed by atoms with Crippen LogP contribution in [0.2, 0.25) is 0 Å². The predicted octanol–water partition coefficient (Wildman–Crippen LogP) is 2.95. The van der Waals surface area contributed by atoms with Crippen LogP contribution in [0.4, 0.5) is 4.39 Å². The van der Waals surface area contributed by atoms with Crippen molar-refractivity contribution in [2.45, 2.75) is 20.0 Å². The maximum absolute atomic E-state index is 13.3. The van der Waals surface area contributed by atoms with Gasteiger partial charge in [-0.3, -0.25) is 0 Å². The van der Waals surface area contributed by atoms with Gasteiger partial charge in [-0.1, -0.05) is 15.9 Å². The van der Waals surface area contributed by atoms with Gasteiger partial charge in [-0.2, -0.15) is 0 Å². The molecule has 1 aromatic rings. The van der Waals surface area contributed by atoms with Gasteiger partial charge in [-0.05, 0) is 31.5 Å². The molecular weight excluding hydrogens is 223 g/mol. The predicted molar refractivity (Wildman–Crippen MR) is 49.5 cm³/mol. The summed E-state index contributed by atoms with van der Waals surface area (Å²) in [5, 5.41) is 9.19. The fraction of sp³-hybridized carbons (Fsp3) is 0.333. The summed E-state index contributed by atoms with van der Waals surface area (Å²) < 4.78 is 14.0. The lowest BCUT2D eigenvalue weighted by atomic mass is 10.1. The van der Waals surface area contributed by atoms with Crippen LogP contribution < -0.4 is 0 Å². The Morgan fingerprint density at radius 1 is 1.50 bits per heavy atom. The first-order valence-electron chi connectivity index (χ1n) is 3.66. The molecule has 0 aromatic heterocycles. The fourth-order valence-electron chi connectivity index (χ4n) is 1.06. The molecule has 0 aliphatic rings. The van der Waals surface area contributed by atoms with E-state index in [2.05, 4.69) is 15.9 Å². The molecule has 1 atom stereocenters. The molecule has 0 aliphatic heterocycles. The summed E-state index contributed by atoms with van der Waals surface area (Å²) >= 11 is 3.24. The van der Waals surface area contributed by atoms with E-state index in [9.17, 15) is 9.50 Å². The van der Waals surface area contributed by atoms with Crippen molar-refractivity contribution in [1.82, 2.24) is 0 Å². The SMILES string of the molecule is Cc1cc(Br)cc(C(C)O)c1F. The van der Waals surface area contributed by atoms with Gasteiger partial charge in [0.25, 0.3) is 0 Å². The molecule has 0 amide bonds. The molecule has 1 rings (SSSR count). The maximum atomic E-state index is 13.3. The summed E-state index contributed by atoms with van der Waals surface area (Å²) in [7, 11) is 0. The van der Waals surface area contributed by atoms with Crippen molar-refractivity contribution in [2.75, 3.05) is 0 Å². The van der Waals surface area contributed by atoms with Crippen LogP contribution >= 0.6 is 15.9 Å². The van der Waals surface area contributed by atoms with E-state index in [4.69, 9.17) is 0 Å². The first-order chi connectivity index (χ1) is 5.52. The van der Waals surface area contributed by atoms with Crippen LogP contribution in [0.3, 0.4) is 0 Å². The Hall–Kier alpha value is -0.410. The van der Waals surface area contributed by atoms with Crippen LogP contribution in [0.25, 0.3) is 0 Å². The quantitative estimate of drug-likeness (QED) is 0.790. The van der Waals surface area contributed by atoms with Gasteiger partial charge in [-0.15, -0.1) is 0 Å². The molecule has 1 aromatic carbocycles. The van der Waals surface area contributed by atoms with Gasteiger partial charge in [0.15, 0.2) is 0 Å². The van der Waals surface area contributed by atoms with Crippen LogP contribution in [0, 0.1) is 12.7 Å². The number of benzene rings is 1. The average molecular weight is 233 g/mol. The molecule has 3 heteroatoms. The van der Waals surface area contributed by atoms with Crippen LogP contribution in [0.5, 0.6) is 0 Å². The third-order valence-electron chi connectivity index (χ3n) is 1.70. The smallest absolute Gasteiger partial charge is 0.131 e. The molecule has 0 saturated carbocycles. The molecule has 0 bridgehead atoms. The van der Waals surface area contributed by atoms with Crippen molar-refractivity contribution in [1.29, 1.82) is 0 Å². The topological polar surface area (TPSA) is 20.2 Å². The number of aryl methyl sites for hydroxylation is 1. The van der Waals surface area contributed by atoms with Crippen molar-refractivity contribution in [3.63, 3.8) is 0 Å². The minimum absolute atomic E-state index is 0.326. The van der Waals surface area contributed by atoms with Crippen molar-refractivity contribution >= 4 is 15.9 Å². The highest BCUT2D eigenvalue weighted by Crippen LogP contribution is 2.24. The summed E-state index contributed by atoms with van der Waals surface area (Å²) in [4.78, 5) is 0. The molecule has 66 valence electrons. The van der Waals surface area contributed by atoms with Gasteiger partial charge < -0.3 is 5.11 Å². The monoisotopic (exact) mass is 232 g/mol. The number of hydrogen-bond donors (Lipinski definition) is 1. The Kier molecular flexibility index (Phi) is 2.85. The van der Waals surface area contributed by atoms with Crippen molar-refractivity contribution in [3.8, 4) is 0 Å². The molecule has 0 saturated heterocycles. The zero-order chi connectivity index (χ0) is 9.30. The Morgan fingerprint density at radius 3 is 2.58 bits per heavy atom. The number of rotatable bonds is 1. The minimum Gasteiger partial charge on any atom is -0.389 e. The number of hydrogen-bond acceptors (Lipinski definition) is 1. The van der Waals surface area contributed by atoms with Gasteiger partial charge >= 0.3 is 0 Å². The van der Waals surface area contributed by atoms with Crippen molar-refractivity contribution in [2.24, 2.45) is 0 Å². The van der Waals surface area contributed by atoms with Gasteiger partial charge in [-0.25, -0.2) is 4.39 Å². The molecule has 1 N–H and O–H groups in total. The Balaban J connectivity index is 3.28. The first kappa shape index (κ1) is 9.68. The lowest BCUT2D eigenvalue weighted by Gasteiger charge is -2.08. The molecule has 1 nitrogen and oxygen atoms in total. The van der Waals surface area contributed by atoms with E-state index in [0.717, 1.165) is 4.47 Å². The summed E-state index contributed by atoms with van der Waals surface area (Å²) in [6.07, 6.45) is -0.763. The average Bonchev–Trinajstić information content (AvgIpc) is 1.96. The van der Waals surface area contributed by atoms with Crippen LogP contribution in [0.15, 0.2) is 16.6 Å². The molecule has 0 heterocycles. The van der Waals surface area contributed by atoms with Gasteiger partial charge in [0.05, 0.1) is 6.10 Å². The van der Waals surface area contributed by atoms with Gasteiger partial charge in [0.1, 0.15) is 5.82 Å². The van der Waals surface area contributed by atoms with E-state index in [0.29, 0.717) is 11.1 Å². The second-order valence-corrected chi connectivity index (χ2v) is 3.72. The number of halogens is 2. The summed E-state index contributed by atoms with van der Waals surface area (Å²) in [5.74, 6) is -0.326. The summed E-state index contributed by atoms with van der Waals surface area (Å²) in [6.45, 7) is 3.22. The fourth-order valence-corrected chi connectivity index (χ4v) is 1.65. The first-order valence-corrected chi connectivity index (χ1v) is 4.45. The van der Waals surface area contributed by atoms with Crippen LogP contribution in [-0.4, -0.2) is 5.11 Å². The number of aliphatic hydroxyl groups is 1. The van der Waals surface area contributed by atoms with Crippen molar-refractivity contribution < 1.29 is 9.50 Å². The van der Waals surface area contributed by atoms with E-state index in [-0.39, 0.29) is 5.82 Å². The molecule has 0 spiro atoms. The van der Waals surface area contributed by atoms with Crippen molar-refractivity contribution in [3.05, 3.63) is 33.5 Å².